The van der Waals surface area contributed by atoms with Crippen molar-refractivity contribution < 1.29 is 14.3 Å². The number of amides is 1. The van der Waals surface area contributed by atoms with Gasteiger partial charge in [0, 0.05) is 11.3 Å². The first kappa shape index (κ1) is 21.9. The Kier molecular flexibility index (Phi) is 9.32. The number of aryl methyl sites for hydroxylation is 1. The lowest BCUT2D eigenvalue weighted by molar-refractivity contribution is -0.116. The largest absolute Gasteiger partial charge is 0.459 e. The number of hydrogen-bond donors (Lipinski definition) is 1. The van der Waals surface area contributed by atoms with E-state index in [2.05, 4.69) is 12.2 Å². The van der Waals surface area contributed by atoms with Crippen LogP contribution in [-0.2, 0) is 22.4 Å². The summed E-state index contributed by atoms with van der Waals surface area (Å²) < 4.78 is 5.44. The third kappa shape index (κ3) is 6.95. The Bertz CT molecular complexity index is 621. The lowest BCUT2D eigenvalue weighted by atomic mass is 9.95. The fraction of sp³-hybridized carbons (Fsp3) is 0.727. The highest BCUT2D eigenvalue weighted by Crippen LogP contribution is 2.38. The molecule has 0 aromatic carbocycles. The molecular weight excluding hydrogens is 358 g/mol. The van der Waals surface area contributed by atoms with Gasteiger partial charge in [0.15, 0.2) is 0 Å². The third-order valence-electron chi connectivity index (χ3n) is 4.98. The number of fused-ring (bicyclic) bond motifs is 1. The van der Waals surface area contributed by atoms with Crippen molar-refractivity contribution in [2.24, 2.45) is 0 Å². The molecule has 5 heteroatoms. The second-order valence-corrected chi connectivity index (χ2v) is 8.89. The number of unbranched alkanes of at least 4 members (excludes halogenated alkanes) is 6. The molecule has 1 aromatic rings. The van der Waals surface area contributed by atoms with E-state index < -0.39 is 0 Å². The Labute approximate surface area is 168 Å². The molecule has 0 fully saturated rings. The van der Waals surface area contributed by atoms with Crippen molar-refractivity contribution in [3.63, 3.8) is 0 Å². The number of rotatable bonds is 11. The van der Waals surface area contributed by atoms with Gasteiger partial charge in [-0.05, 0) is 51.5 Å². The summed E-state index contributed by atoms with van der Waals surface area (Å²) in [5, 5.41) is 3.71. The van der Waals surface area contributed by atoms with Crippen LogP contribution in [-0.4, -0.2) is 18.0 Å². The molecule has 0 spiro atoms. The summed E-state index contributed by atoms with van der Waals surface area (Å²) in [7, 11) is 0. The predicted octanol–water partition coefficient (Wildman–Crippen LogP) is 6.27. The first-order valence-electron chi connectivity index (χ1n) is 10.7. The van der Waals surface area contributed by atoms with Gasteiger partial charge >= 0.3 is 5.97 Å². The highest BCUT2D eigenvalue weighted by molar-refractivity contribution is 7.17. The van der Waals surface area contributed by atoms with Crippen molar-refractivity contribution >= 4 is 28.2 Å². The lowest BCUT2D eigenvalue weighted by Crippen LogP contribution is -2.17. The minimum Gasteiger partial charge on any atom is -0.459 e. The molecule has 0 unspecified atom stereocenters. The van der Waals surface area contributed by atoms with E-state index in [-0.39, 0.29) is 18.0 Å². The molecule has 1 amide bonds. The molecule has 1 N–H and O–H groups in total. The van der Waals surface area contributed by atoms with Crippen LogP contribution in [0, 0.1) is 0 Å². The average Bonchev–Trinajstić information content (AvgIpc) is 2.98. The minimum absolute atomic E-state index is 0.0146. The van der Waals surface area contributed by atoms with Crippen molar-refractivity contribution in [3.8, 4) is 0 Å². The molecule has 0 saturated carbocycles. The van der Waals surface area contributed by atoms with Crippen molar-refractivity contribution in [3.05, 3.63) is 16.0 Å². The zero-order valence-corrected chi connectivity index (χ0v) is 18.0. The number of hydrogen-bond acceptors (Lipinski definition) is 4. The molecule has 0 atom stereocenters. The summed E-state index contributed by atoms with van der Waals surface area (Å²) in [5.74, 6) is -0.281. The maximum Gasteiger partial charge on any atom is 0.341 e. The zero-order chi connectivity index (χ0) is 19.6. The van der Waals surface area contributed by atoms with Gasteiger partial charge in [-0.2, -0.15) is 0 Å². The molecular formula is C22H35NO3S. The van der Waals surface area contributed by atoms with E-state index in [1.807, 2.05) is 13.8 Å². The number of carbonyl (C=O) groups is 2. The molecule has 4 nitrogen and oxygen atoms in total. The van der Waals surface area contributed by atoms with E-state index in [0.717, 1.165) is 44.1 Å². The highest BCUT2D eigenvalue weighted by atomic mass is 32.1. The molecule has 1 aromatic heterocycles. The van der Waals surface area contributed by atoms with Crippen LogP contribution >= 0.6 is 11.3 Å². The fourth-order valence-corrected chi connectivity index (χ4v) is 4.87. The van der Waals surface area contributed by atoms with Crippen LogP contribution in [0.3, 0.4) is 0 Å². The summed E-state index contributed by atoms with van der Waals surface area (Å²) >= 11 is 1.57. The SMILES string of the molecule is CCCCCCCCCC(=O)Nc1sc2c(c1C(=O)OC(C)C)CCCC2. The van der Waals surface area contributed by atoms with Crippen LogP contribution in [0.4, 0.5) is 5.00 Å². The maximum absolute atomic E-state index is 12.6. The van der Waals surface area contributed by atoms with E-state index in [1.165, 1.54) is 37.0 Å². The second kappa shape index (κ2) is 11.5. The Hall–Kier alpha value is -1.36. The average molecular weight is 394 g/mol. The lowest BCUT2D eigenvalue weighted by Gasteiger charge is -2.14. The van der Waals surface area contributed by atoms with Gasteiger partial charge in [0.2, 0.25) is 5.91 Å². The monoisotopic (exact) mass is 393 g/mol. The molecule has 1 aliphatic rings. The molecule has 0 aliphatic heterocycles. The van der Waals surface area contributed by atoms with Crippen LogP contribution in [0.15, 0.2) is 0 Å². The smallest absolute Gasteiger partial charge is 0.341 e. The molecule has 0 saturated heterocycles. The molecule has 2 rings (SSSR count). The number of anilines is 1. The van der Waals surface area contributed by atoms with Gasteiger partial charge in [-0.25, -0.2) is 4.79 Å². The van der Waals surface area contributed by atoms with Gasteiger partial charge in [0.25, 0.3) is 0 Å². The maximum atomic E-state index is 12.6. The molecule has 0 radical (unpaired) electrons. The number of thiophene rings is 1. The van der Waals surface area contributed by atoms with E-state index in [4.69, 9.17) is 4.74 Å². The predicted molar refractivity (Wildman–Crippen MR) is 113 cm³/mol. The number of esters is 1. The third-order valence-corrected chi connectivity index (χ3v) is 6.19. The van der Waals surface area contributed by atoms with E-state index in [0.29, 0.717) is 17.0 Å². The zero-order valence-electron chi connectivity index (χ0n) is 17.2. The quantitative estimate of drug-likeness (QED) is 0.356. The van der Waals surface area contributed by atoms with E-state index in [1.54, 1.807) is 11.3 Å². The summed E-state index contributed by atoms with van der Waals surface area (Å²) in [6.07, 6.45) is 12.8. The van der Waals surface area contributed by atoms with Crippen LogP contribution < -0.4 is 5.32 Å². The Morgan fingerprint density at radius 3 is 2.41 bits per heavy atom. The van der Waals surface area contributed by atoms with Gasteiger partial charge in [0.05, 0.1) is 11.7 Å². The summed E-state index contributed by atoms with van der Waals surface area (Å²) in [6.45, 7) is 5.93. The number of nitrogens with one attached hydrogen (secondary N) is 1. The second-order valence-electron chi connectivity index (χ2n) is 7.79. The van der Waals surface area contributed by atoms with Gasteiger partial charge < -0.3 is 10.1 Å². The Morgan fingerprint density at radius 2 is 1.70 bits per heavy atom. The molecule has 1 heterocycles. The first-order chi connectivity index (χ1) is 13.0. The van der Waals surface area contributed by atoms with Crippen LogP contribution in [0.1, 0.15) is 106 Å². The van der Waals surface area contributed by atoms with Crippen LogP contribution in [0.2, 0.25) is 0 Å². The normalized spacial score (nSPS) is 13.5. The van der Waals surface area contributed by atoms with Crippen molar-refractivity contribution in [2.45, 2.75) is 104 Å². The van der Waals surface area contributed by atoms with Gasteiger partial charge in [0.1, 0.15) is 5.00 Å². The molecule has 0 bridgehead atoms. The minimum atomic E-state index is -0.296. The highest BCUT2D eigenvalue weighted by Gasteiger charge is 2.27. The van der Waals surface area contributed by atoms with Crippen molar-refractivity contribution in [2.75, 3.05) is 5.32 Å². The molecule has 152 valence electrons. The van der Waals surface area contributed by atoms with Gasteiger partial charge in [-0.15, -0.1) is 11.3 Å². The Morgan fingerprint density at radius 1 is 1.04 bits per heavy atom. The van der Waals surface area contributed by atoms with Gasteiger partial charge in [-0.3, -0.25) is 4.79 Å². The molecule has 27 heavy (non-hydrogen) atoms. The summed E-state index contributed by atoms with van der Waals surface area (Å²) in [5.41, 5.74) is 1.71. The standard InChI is InChI=1S/C22H35NO3S/c1-4-5-6-7-8-9-10-15-19(24)23-21-20(22(25)26-16(2)3)17-13-11-12-14-18(17)27-21/h16H,4-15H2,1-3H3,(H,23,24). The topological polar surface area (TPSA) is 55.4 Å². The summed E-state index contributed by atoms with van der Waals surface area (Å²) in [6, 6.07) is 0. The van der Waals surface area contributed by atoms with Crippen molar-refractivity contribution in [1.82, 2.24) is 0 Å². The Balaban J connectivity index is 1.91. The van der Waals surface area contributed by atoms with Crippen LogP contribution in [0.5, 0.6) is 0 Å². The summed E-state index contributed by atoms with van der Waals surface area (Å²) in [4.78, 5) is 26.2. The number of carbonyl (C=O) groups excluding carboxylic acids is 2. The van der Waals surface area contributed by atoms with E-state index >= 15 is 0 Å². The van der Waals surface area contributed by atoms with Crippen LogP contribution in [0.25, 0.3) is 0 Å². The molecule has 1 aliphatic carbocycles. The fourth-order valence-electron chi connectivity index (χ4n) is 3.57. The first-order valence-corrected chi connectivity index (χ1v) is 11.5. The van der Waals surface area contributed by atoms with Crippen molar-refractivity contribution in [1.29, 1.82) is 0 Å². The van der Waals surface area contributed by atoms with Gasteiger partial charge in [-0.1, -0.05) is 45.4 Å². The van der Waals surface area contributed by atoms with E-state index in [9.17, 15) is 9.59 Å². The number of ether oxygens (including phenoxy) is 1.